The molecule has 2 fully saturated rings. The van der Waals surface area contributed by atoms with Crippen LogP contribution in [0.15, 0.2) is 27.8 Å². The van der Waals surface area contributed by atoms with E-state index in [0.717, 1.165) is 24.3 Å². The molecule has 0 bridgehead atoms. The summed E-state index contributed by atoms with van der Waals surface area (Å²) < 4.78 is 5.33. The van der Waals surface area contributed by atoms with Gasteiger partial charge in [0.25, 0.3) is 0 Å². The van der Waals surface area contributed by atoms with Crippen molar-refractivity contribution in [3.05, 3.63) is 24.2 Å². The molecule has 3 rings (SSSR count). The number of nitrogens with zero attached hydrogens (tertiary/aromatic N) is 1. The lowest BCUT2D eigenvalue weighted by atomic mass is 9.79. The van der Waals surface area contributed by atoms with Crippen molar-refractivity contribution in [2.75, 3.05) is 13.1 Å². The topological polar surface area (TPSA) is 69.8 Å². The molecule has 2 saturated carbocycles. The van der Waals surface area contributed by atoms with Gasteiger partial charge in [0, 0.05) is 12.6 Å². The van der Waals surface area contributed by atoms with E-state index in [1.807, 2.05) is 0 Å². The zero-order valence-electron chi connectivity index (χ0n) is 15.3. The zero-order chi connectivity index (χ0) is 17.0. The predicted molar refractivity (Wildman–Crippen MR) is 111 cm³/mol. The Morgan fingerprint density at radius 3 is 2.84 bits per heavy atom. The molecule has 4 atom stereocenters. The highest BCUT2D eigenvalue weighted by Gasteiger charge is 2.34. The number of furan rings is 1. The first-order valence-electron chi connectivity index (χ1n) is 9.39. The summed E-state index contributed by atoms with van der Waals surface area (Å²) in [5.74, 6) is 3.20. The van der Waals surface area contributed by atoms with Crippen LogP contribution in [0.3, 0.4) is 0 Å². The van der Waals surface area contributed by atoms with Crippen LogP contribution in [0.4, 0.5) is 0 Å². The standard InChI is InChI=1S/C19H31N3O2.HI/c1-3-20-18(21-13-19(2,23)17-8-5-11-24-17)22-16-10-9-14-6-4-7-15(14)12-16;/h5,8,11,14-16,23H,3-4,6-7,9-10,12-13H2,1-2H3,(H2,20,21,22);1H. The Kier molecular flexibility index (Phi) is 7.61. The number of hydrogen-bond acceptors (Lipinski definition) is 3. The monoisotopic (exact) mass is 461 g/mol. The highest BCUT2D eigenvalue weighted by Crippen LogP contribution is 2.42. The lowest BCUT2D eigenvalue weighted by Crippen LogP contribution is -2.46. The SMILES string of the molecule is CCNC(=NCC(C)(O)c1ccco1)NC1CCC2CCCC2C1.I. The first-order chi connectivity index (χ1) is 11.6. The van der Waals surface area contributed by atoms with Crippen molar-refractivity contribution in [3.63, 3.8) is 0 Å². The summed E-state index contributed by atoms with van der Waals surface area (Å²) in [5.41, 5.74) is -1.09. The molecule has 0 amide bonds. The molecule has 6 heteroatoms. The number of fused-ring (bicyclic) bond motifs is 1. The second-order valence-corrected chi connectivity index (χ2v) is 7.55. The molecule has 142 valence electrons. The van der Waals surface area contributed by atoms with Crippen LogP contribution < -0.4 is 10.6 Å². The number of guanidine groups is 1. The Morgan fingerprint density at radius 2 is 2.12 bits per heavy atom. The first kappa shape index (κ1) is 20.6. The Balaban J connectivity index is 0.00000225. The minimum absolute atomic E-state index is 0. The molecule has 25 heavy (non-hydrogen) atoms. The molecule has 1 heterocycles. The maximum Gasteiger partial charge on any atom is 0.191 e. The Hall–Kier alpha value is -0.760. The van der Waals surface area contributed by atoms with Gasteiger partial charge in [0.05, 0.1) is 12.8 Å². The molecule has 4 unspecified atom stereocenters. The average Bonchev–Trinajstić information content (AvgIpc) is 3.24. The molecule has 0 aromatic carbocycles. The van der Waals surface area contributed by atoms with E-state index in [4.69, 9.17) is 4.42 Å². The maximum atomic E-state index is 10.6. The zero-order valence-corrected chi connectivity index (χ0v) is 17.7. The molecule has 0 saturated heterocycles. The predicted octanol–water partition coefficient (Wildman–Crippen LogP) is 3.63. The minimum Gasteiger partial charge on any atom is -0.466 e. The minimum atomic E-state index is -1.09. The largest absolute Gasteiger partial charge is 0.466 e. The third kappa shape index (κ3) is 5.36. The number of aliphatic hydroxyl groups is 1. The van der Waals surface area contributed by atoms with Gasteiger partial charge >= 0.3 is 0 Å². The maximum absolute atomic E-state index is 10.6. The van der Waals surface area contributed by atoms with Crippen molar-refractivity contribution >= 4 is 29.9 Å². The van der Waals surface area contributed by atoms with Gasteiger partial charge in [-0.1, -0.05) is 19.3 Å². The lowest BCUT2D eigenvalue weighted by Gasteiger charge is -2.33. The molecule has 0 radical (unpaired) electrons. The van der Waals surface area contributed by atoms with Crippen LogP contribution in [-0.2, 0) is 5.60 Å². The number of rotatable bonds is 5. The summed E-state index contributed by atoms with van der Waals surface area (Å²) in [6, 6.07) is 4.07. The third-order valence-corrected chi connectivity index (χ3v) is 5.57. The first-order valence-corrected chi connectivity index (χ1v) is 9.39. The molecule has 0 aliphatic heterocycles. The molecular formula is C19H32IN3O2. The molecule has 1 aromatic rings. The van der Waals surface area contributed by atoms with E-state index in [-0.39, 0.29) is 30.5 Å². The van der Waals surface area contributed by atoms with Crippen LogP contribution in [0.25, 0.3) is 0 Å². The van der Waals surface area contributed by atoms with Gasteiger partial charge in [-0.05, 0) is 57.1 Å². The van der Waals surface area contributed by atoms with Crippen molar-refractivity contribution in [2.24, 2.45) is 16.8 Å². The highest BCUT2D eigenvalue weighted by molar-refractivity contribution is 14.0. The van der Waals surface area contributed by atoms with E-state index in [1.165, 1.54) is 38.5 Å². The quantitative estimate of drug-likeness (QED) is 0.356. The highest BCUT2D eigenvalue weighted by atomic mass is 127. The number of halogens is 1. The Bertz CT molecular complexity index is 545. The van der Waals surface area contributed by atoms with Crippen LogP contribution >= 0.6 is 24.0 Å². The van der Waals surface area contributed by atoms with Crippen molar-refractivity contribution in [2.45, 2.75) is 64.0 Å². The van der Waals surface area contributed by atoms with Gasteiger partial charge in [-0.3, -0.25) is 0 Å². The van der Waals surface area contributed by atoms with Gasteiger partial charge in [-0.2, -0.15) is 0 Å². The molecule has 1 aromatic heterocycles. The molecule has 0 spiro atoms. The van der Waals surface area contributed by atoms with Gasteiger partial charge < -0.3 is 20.2 Å². The summed E-state index contributed by atoms with van der Waals surface area (Å²) in [5, 5.41) is 17.5. The van der Waals surface area contributed by atoms with Crippen LogP contribution in [0.1, 0.15) is 58.1 Å². The van der Waals surface area contributed by atoms with E-state index in [1.54, 1.807) is 25.3 Å². The van der Waals surface area contributed by atoms with Gasteiger partial charge in [0.15, 0.2) is 5.96 Å². The van der Waals surface area contributed by atoms with Crippen molar-refractivity contribution < 1.29 is 9.52 Å². The molecule has 2 aliphatic carbocycles. The summed E-state index contributed by atoms with van der Waals surface area (Å²) in [7, 11) is 0. The fourth-order valence-corrected chi connectivity index (χ4v) is 4.24. The van der Waals surface area contributed by atoms with Gasteiger partial charge in [-0.15, -0.1) is 24.0 Å². The van der Waals surface area contributed by atoms with Crippen LogP contribution in [-0.4, -0.2) is 30.2 Å². The van der Waals surface area contributed by atoms with Crippen LogP contribution in [0.5, 0.6) is 0 Å². The summed E-state index contributed by atoms with van der Waals surface area (Å²) in [6.45, 7) is 4.89. The van der Waals surface area contributed by atoms with E-state index >= 15 is 0 Å². The van der Waals surface area contributed by atoms with E-state index in [9.17, 15) is 5.11 Å². The molecular weight excluding hydrogens is 429 g/mol. The summed E-state index contributed by atoms with van der Waals surface area (Å²) in [4.78, 5) is 4.61. The van der Waals surface area contributed by atoms with E-state index in [2.05, 4.69) is 22.5 Å². The summed E-state index contributed by atoms with van der Waals surface area (Å²) in [6.07, 6.45) is 9.62. The normalized spacial score (nSPS) is 28.6. The average molecular weight is 461 g/mol. The smallest absolute Gasteiger partial charge is 0.191 e. The second kappa shape index (κ2) is 9.26. The van der Waals surface area contributed by atoms with Crippen molar-refractivity contribution in [3.8, 4) is 0 Å². The number of nitrogens with one attached hydrogen (secondary N) is 2. The molecule has 5 nitrogen and oxygen atoms in total. The van der Waals surface area contributed by atoms with Crippen molar-refractivity contribution in [1.82, 2.24) is 10.6 Å². The number of hydrogen-bond donors (Lipinski definition) is 3. The van der Waals surface area contributed by atoms with E-state index < -0.39 is 5.60 Å². The van der Waals surface area contributed by atoms with Gasteiger partial charge in [0.1, 0.15) is 11.4 Å². The van der Waals surface area contributed by atoms with Crippen LogP contribution in [0.2, 0.25) is 0 Å². The lowest BCUT2D eigenvalue weighted by molar-refractivity contribution is 0.0436. The molecule has 2 aliphatic rings. The Morgan fingerprint density at radius 1 is 1.32 bits per heavy atom. The third-order valence-electron chi connectivity index (χ3n) is 5.57. The van der Waals surface area contributed by atoms with Crippen LogP contribution in [0, 0.1) is 11.8 Å². The van der Waals surface area contributed by atoms with Gasteiger partial charge in [-0.25, -0.2) is 4.99 Å². The second-order valence-electron chi connectivity index (χ2n) is 7.55. The summed E-state index contributed by atoms with van der Waals surface area (Å²) >= 11 is 0. The van der Waals surface area contributed by atoms with Gasteiger partial charge in [0.2, 0.25) is 0 Å². The van der Waals surface area contributed by atoms with E-state index in [0.29, 0.717) is 11.8 Å². The number of aliphatic imine (C=N–C) groups is 1. The molecule has 3 N–H and O–H groups in total. The van der Waals surface area contributed by atoms with Crippen molar-refractivity contribution in [1.29, 1.82) is 0 Å². The fourth-order valence-electron chi connectivity index (χ4n) is 4.24. The fraction of sp³-hybridized carbons (Fsp3) is 0.737. The Labute approximate surface area is 168 Å².